The average molecular weight is 417 g/mol. The van der Waals surface area contributed by atoms with E-state index in [1.807, 2.05) is 62.4 Å². The Balaban J connectivity index is 1.63. The highest BCUT2D eigenvalue weighted by atomic mass is 19.1. The smallest absolute Gasteiger partial charge is 0.220 e. The third-order valence-electron chi connectivity index (χ3n) is 5.17. The number of halogens is 1. The molecule has 0 bridgehead atoms. The largest absolute Gasteiger partial charge is 0.484 e. The van der Waals surface area contributed by atoms with Gasteiger partial charge in [0.15, 0.2) is 0 Å². The Morgan fingerprint density at radius 1 is 1.10 bits per heavy atom. The Labute approximate surface area is 180 Å². The molecule has 4 rings (SSSR count). The van der Waals surface area contributed by atoms with Crippen LogP contribution in [0.4, 0.5) is 4.39 Å². The fraction of sp³-hybridized carbons (Fsp3) is 0.200. The molecule has 1 N–H and O–H groups in total. The molecule has 4 aromatic rings. The molecule has 0 saturated heterocycles. The number of aromatic nitrogens is 2. The first-order chi connectivity index (χ1) is 15.0. The van der Waals surface area contributed by atoms with E-state index < -0.39 is 0 Å². The van der Waals surface area contributed by atoms with Crippen molar-refractivity contribution in [2.75, 3.05) is 0 Å². The van der Waals surface area contributed by atoms with Gasteiger partial charge in [0.05, 0.1) is 23.4 Å². The molecule has 3 aromatic carbocycles. The number of nitrogens with one attached hydrogen (secondary N) is 1. The minimum absolute atomic E-state index is 0.0203. The van der Waals surface area contributed by atoms with Crippen LogP contribution in [0.15, 0.2) is 79.0 Å². The number of hydrogen-bond acceptors (Lipinski definition) is 3. The van der Waals surface area contributed by atoms with Gasteiger partial charge in [-0.3, -0.25) is 4.79 Å². The van der Waals surface area contributed by atoms with Gasteiger partial charge in [-0.05, 0) is 55.0 Å². The molecule has 1 heterocycles. The third-order valence-corrected chi connectivity index (χ3v) is 5.17. The summed E-state index contributed by atoms with van der Waals surface area (Å²) in [5.74, 6) is 0.373. The standard InChI is InChI=1S/C25H24FN3O2/c1-3-24(30)28-17(2)25(18-7-5-4-6-8-18)31-22-13-14-23-19(15-22)16-27-29(23)21-11-9-20(26)10-12-21/h4-17,25H,3H2,1-2H3,(H,28,30)/t17-,25+/m0/s1. The van der Waals surface area contributed by atoms with E-state index in [0.717, 1.165) is 22.2 Å². The zero-order chi connectivity index (χ0) is 21.8. The van der Waals surface area contributed by atoms with E-state index in [4.69, 9.17) is 4.74 Å². The normalized spacial score (nSPS) is 13.0. The summed E-state index contributed by atoms with van der Waals surface area (Å²) >= 11 is 0. The van der Waals surface area contributed by atoms with Gasteiger partial charge in [0.1, 0.15) is 17.7 Å². The average Bonchev–Trinajstić information content (AvgIpc) is 3.21. The quantitative estimate of drug-likeness (QED) is 0.450. The van der Waals surface area contributed by atoms with E-state index in [2.05, 4.69) is 10.4 Å². The molecule has 0 aliphatic carbocycles. The van der Waals surface area contributed by atoms with Gasteiger partial charge in [-0.25, -0.2) is 9.07 Å². The van der Waals surface area contributed by atoms with Crippen LogP contribution < -0.4 is 10.1 Å². The molecular weight excluding hydrogens is 393 g/mol. The van der Waals surface area contributed by atoms with Gasteiger partial charge < -0.3 is 10.1 Å². The van der Waals surface area contributed by atoms with Gasteiger partial charge >= 0.3 is 0 Å². The zero-order valence-corrected chi connectivity index (χ0v) is 17.5. The maximum Gasteiger partial charge on any atom is 0.220 e. The first-order valence-electron chi connectivity index (χ1n) is 10.3. The summed E-state index contributed by atoms with van der Waals surface area (Å²) in [6, 6.07) is 21.6. The van der Waals surface area contributed by atoms with Crippen molar-refractivity contribution in [3.63, 3.8) is 0 Å². The lowest BCUT2D eigenvalue weighted by Gasteiger charge is -2.26. The predicted octanol–water partition coefficient (Wildman–Crippen LogP) is 5.20. The molecule has 1 aromatic heterocycles. The number of benzene rings is 3. The summed E-state index contributed by atoms with van der Waals surface area (Å²) in [6.45, 7) is 3.77. The first kappa shape index (κ1) is 20.6. The van der Waals surface area contributed by atoms with Crippen molar-refractivity contribution in [3.05, 3.63) is 90.4 Å². The van der Waals surface area contributed by atoms with E-state index >= 15 is 0 Å². The van der Waals surface area contributed by atoms with E-state index in [0.29, 0.717) is 12.2 Å². The number of hydrogen-bond donors (Lipinski definition) is 1. The monoisotopic (exact) mass is 417 g/mol. The van der Waals surface area contributed by atoms with Crippen LogP contribution in [0.25, 0.3) is 16.6 Å². The van der Waals surface area contributed by atoms with Gasteiger partial charge in [-0.15, -0.1) is 0 Å². The minimum Gasteiger partial charge on any atom is -0.484 e. The number of amides is 1. The molecule has 31 heavy (non-hydrogen) atoms. The SMILES string of the molecule is CCC(=O)N[C@@H](C)[C@@H](Oc1ccc2c(cnn2-c2ccc(F)cc2)c1)c1ccccc1. The van der Waals surface area contributed by atoms with E-state index in [9.17, 15) is 9.18 Å². The van der Waals surface area contributed by atoms with E-state index in [-0.39, 0.29) is 23.9 Å². The molecule has 0 unspecified atom stereocenters. The van der Waals surface area contributed by atoms with Crippen LogP contribution in [0.3, 0.4) is 0 Å². The maximum absolute atomic E-state index is 13.3. The zero-order valence-electron chi connectivity index (χ0n) is 17.5. The lowest BCUT2D eigenvalue weighted by atomic mass is 10.0. The molecule has 1 amide bonds. The van der Waals surface area contributed by atoms with Crippen molar-refractivity contribution >= 4 is 16.8 Å². The minimum atomic E-state index is -0.346. The van der Waals surface area contributed by atoms with Crippen molar-refractivity contribution in [2.45, 2.75) is 32.4 Å². The fourth-order valence-corrected chi connectivity index (χ4v) is 3.55. The molecule has 0 radical (unpaired) electrons. The predicted molar refractivity (Wildman–Crippen MR) is 119 cm³/mol. The summed E-state index contributed by atoms with van der Waals surface area (Å²) in [5.41, 5.74) is 2.65. The van der Waals surface area contributed by atoms with Crippen LogP contribution in [0.2, 0.25) is 0 Å². The van der Waals surface area contributed by atoms with Crippen LogP contribution in [-0.2, 0) is 4.79 Å². The lowest BCUT2D eigenvalue weighted by molar-refractivity contribution is -0.122. The van der Waals surface area contributed by atoms with Crippen molar-refractivity contribution in [3.8, 4) is 11.4 Å². The fourth-order valence-electron chi connectivity index (χ4n) is 3.55. The van der Waals surface area contributed by atoms with Crippen molar-refractivity contribution in [1.29, 1.82) is 0 Å². The third kappa shape index (κ3) is 4.58. The van der Waals surface area contributed by atoms with Crippen LogP contribution in [0.5, 0.6) is 5.75 Å². The van der Waals surface area contributed by atoms with Gasteiger partial charge in [-0.2, -0.15) is 5.10 Å². The van der Waals surface area contributed by atoms with Gasteiger partial charge in [-0.1, -0.05) is 37.3 Å². The number of carbonyl (C=O) groups is 1. The van der Waals surface area contributed by atoms with Crippen LogP contribution in [0.1, 0.15) is 31.9 Å². The van der Waals surface area contributed by atoms with E-state index in [1.54, 1.807) is 23.0 Å². The van der Waals surface area contributed by atoms with Crippen LogP contribution in [-0.4, -0.2) is 21.7 Å². The number of fused-ring (bicyclic) bond motifs is 1. The highest BCUT2D eigenvalue weighted by molar-refractivity contribution is 5.81. The maximum atomic E-state index is 13.3. The second-order valence-electron chi connectivity index (χ2n) is 7.41. The molecule has 0 aliphatic rings. The first-order valence-corrected chi connectivity index (χ1v) is 10.3. The molecule has 6 heteroatoms. The number of carbonyl (C=O) groups excluding carboxylic acids is 1. The number of ether oxygens (including phenoxy) is 1. The van der Waals surface area contributed by atoms with Gasteiger partial charge in [0, 0.05) is 11.8 Å². The Bertz CT molecular complexity index is 1170. The summed E-state index contributed by atoms with van der Waals surface area (Å²) < 4.78 is 21.4. The lowest BCUT2D eigenvalue weighted by Crippen LogP contribution is -2.38. The van der Waals surface area contributed by atoms with Crippen molar-refractivity contribution in [2.24, 2.45) is 0 Å². The summed E-state index contributed by atoms with van der Waals surface area (Å²) in [7, 11) is 0. The Morgan fingerprint density at radius 3 is 2.55 bits per heavy atom. The molecule has 2 atom stereocenters. The summed E-state index contributed by atoms with van der Waals surface area (Å²) in [4.78, 5) is 11.9. The van der Waals surface area contributed by atoms with Gasteiger partial charge in [0.25, 0.3) is 0 Å². The summed E-state index contributed by atoms with van der Waals surface area (Å²) in [6.07, 6.45) is 1.83. The number of rotatable bonds is 7. The second kappa shape index (κ2) is 9.00. The van der Waals surface area contributed by atoms with Crippen LogP contribution >= 0.6 is 0 Å². The van der Waals surface area contributed by atoms with Crippen molar-refractivity contribution in [1.82, 2.24) is 15.1 Å². The molecule has 0 spiro atoms. The molecule has 0 fully saturated rings. The van der Waals surface area contributed by atoms with Gasteiger partial charge in [0.2, 0.25) is 5.91 Å². The highest BCUT2D eigenvalue weighted by Crippen LogP contribution is 2.29. The molecule has 158 valence electrons. The topological polar surface area (TPSA) is 56.1 Å². The van der Waals surface area contributed by atoms with Crippen LogP contribution in [0, 0.1) is 5.82 Å². The Morgan fingerprint density at radius 2 is 1.84 bits per heavy atom. The molecular formula is C25H24FN3O2. The Hall–Kier alpha value is -3.67. The number of nitrogens with zero attached hydrogens (tertiary/aromatic N) is 2. The second-order valence-corrected chi connectivity index (χ2v) is 7.41. The van der Waals surface area contributed by atoms with Crippen molar-refractivity contribution < 1.29 is 13.9 Å². The highest BCUT2D eigenvalue weighted by Gasteiger charge is 2.23. The molecule has 0 aliphatic heterocycles. The summed E-state index contributed by atoms with van der Waals surface area (Å²) in [5, 5.41) is 8.35. The Kier molecular flexibility index (Phi) is 5.98. The molecule has 5 nitrogen and oxygen atoms in total. The van der Waals surface area contributed by atoms with E-state index in [1.165, 1.54) is 12.1 Å². The molecule has 0 saturated carbocycles.